The average Bonchev–Trinajstić information content (AvgIpc) is 2.82. The maximum absolute atomic E-state index is 12.8. The first-order chi connectivity index (χ1) is 16.8. The highest BCUT2D eigenvalue weighted by Gasteiger charge is 2.21. The smallest absolute Gasteiger partial charge is 0.317 e. The van der Waals surface area contributed by atoms with E-state index in [4.69, 9.17) is 4.74 Å². The van der Waals surface area contributed by atoms with Crippen LogP contribution in [0.25, 0.3) is 0 Å². The van der Waals surface area contributed by atoms with Crippen molar-refractivity contribution >= 4 is 17.8 Å². The molecule has 1 rings (SSSR count). The van der Waals surface area contributed by atoms with Crippen LogP contribution in [0.3, 0.4) is 0 Å². The second-order valence-electron chi connectivity index (χ2n) is 9.05. The van der Waals surface area contributed by atoms with Gasteiger partial charge >= 0.3 is 5.97 Å². The van der Waals surface area contributed by atoms with Crippen molar-refractivity contribution in [3.05, 3.63) is 0 Å². The molecule has 3 N–H and O–H groups in total. The molecule has 1 heterocycles. The van der Waals surface area contributed by atoms with E-state index < -0.39 is 12.0 Å². The van der Waals surface area contributed by atoms with Gasteiger partial charge in [-0.1, -0.05) is 13.8 Å². The van der Waals surface area contributed by atoms with E-state index in [1.807, 2.05) is 18.7 Å². The van der Waals surface area contributed by atoms with Crippen molar-refractivity contribution < 1.29 is 24.2 Å². The summed E-state index contributed by atoms with van der Waals surface area (Å²) in [7, 11) is 2.06. The first-order valence-electron chi connectivity index (χ1n) is 13.0. The summed E-state index contributed by atoms with van der Waals surface area (Å²) in [5.41, 5.74) is 0. The topological polar surface area (TPSA) is 118 Å². The molecule has 204 valence electrons. The minimum atomic E-state index is -0.848. The summed E-state index contributed by atoms with van der Waals surface area (Å²) in [6.45, 7) is 14.8. The molecule has 1 saturated heterocycles. The number of carboxylic acids is 1. The quantitative estimate of drug-likeness (QED) is 0.284. The highest BCUT2D eigenvalue weighted by Crippen LogP contribution is 2.01. The molecule has 11 heteroatoms. The zero-order chi connectivity index (χ0) is 26.1. The van der Waals surface area contributed by atoms with Crippen molar-refractivity contribution in [3.8, 4) is 0 Å². The minimum Gasteiger partial charge on any atom is -0.480 e. The molecule has 1 aliphatic rings. The molecule has 1 aliphatic heterocycles. The monoisotopic (exact) mass is 500 g/mol. The zero-order valence-corrected chi connectivity index (χ0v) is 22.3. The molecule has 11 nitrogen and oxygen atoms in total. The van der Waals surface area contributed by atoms with Gasteiger partial charge in [0.1, 0.15) is 6.04 Å². The largest absolute Gasteiger partial charge is 0.480 e. The number of likely N-dealkylation sites (N-methyl/N-ethyl adjacent to an activating group) is 2. The van der Waals surface area contributed by atoms with E-state index in [1.165, 1.54) is 0 Å². The molecule has 0 saturated carbocycles. The van der Waals surface area contributed by atoms with Crippen LogP contribution in [-0.4, -0.2) is 147 Å². The van der Waals surface area contributed by atoms with Gasteiger partial charge in [-0.05, 0) is 33.4 Å². The van der Waals surface area contributed by atoms with Crippen molar-refractivity contribution in [2.75, 3.05) is 98.8 Å². The van der Waals surface area contributed by atoms with E-state index in [2.05, 4.69) is 39.3 Å². The van der Waals surface area contributed by atoms with Crippen LogP contribution in [0.4, 0.5) is 0 Å². The number of ether oxygens (including phenoxy) is 1. The third-order valence-electron chi connectivity index (χ3n) is 6.26. The summed E-state index contributed by atoms with van der Waals surface area (Å²) >= 11 is 0. The Morgan fingerprint density at radius 3 is 2.03 bits per heavy atom. The molecule has 1 fully saturated rings. The Hall–Kier alpha value is -1.79. The third kappa shape index (κ3) is 14.4. The van der Waals surface area contributed by atoms with Crippen LogP contribution in [0, 0.1) is 0 Å². The highest BCUT2D eigenvalue weighted by molar-refractivity contribution is 5.88. The first-order valence-corrected chi connectivity index (χ1v) is 13.0. The Labute approximate surface area is 211 Å². The normalized spacial score (nSPS) is 18.9. The van der Waals surface area contributed by atoms with E-state index in [9.17, 15) is 19.5 Å². The molecule has 1 atom stereocenters. The molecule has 0 bridgehead atoms. The van der Waals surface area contributed by atoms with Gasteiger partial charge in [-0.25, -0.2) is 0 Å². The fourth-order valence-electron chi connectivity index (χ4n) is 3.91. The number of nitrogens with zero attached hydrogens (tertiary/aromatic N) is 4. The number of nitrogens with one attached hydrogen (secondary N) is 2. The molecule has 0 aromatic carbocycles. The number of hydrogen-bond acceptors (Lipinski definition) is 8. The van der Waals surface area contributed by atoms with Gasteiger partial charge in [-0.2, -0.15) is 0 Å². The van der Waals surface area contributed by atoms with Gasteiger partial charge in [0.05, 0.1) is 13.1 Å². The fourth-order valence-corrected chi connectivity index (χ4v) is 3.91. The van der Waals surface area contributed by atoms with Crippen LogP contribution < -0.4 is 10.6 Å². The summed E-state index contributed by atoms with van der Waals surface area (Å²) in [6, 6.07) is -0.576. The predicted molar refractivity (Wildman–Crippen MR) is 136 cm³/mol. The van der Waals surface area contributed by atoms with Crippen LogP contribution >= 0.6 is 0 Å². The molecule has 0 aliphatic carbocycles. The van der Waals surface area contributed by atoms with Crippen molar-refractivity contribution in [3.63, 3.8) is 0 Å². The lowest BCUT2D eigenvalue weighted by Crippen LogP contribution is -2.51. The van der Waals surface area contributed by atoms with Gasteiger partial charge in [0, 0.05) is 72.1 Å². The molecule has 1 unspecified atom stereocenters. The Kier molecular flexibility index (Phi) is 16.5. The minimum absolute atomic E-state index is 0.0175. The van der Waals surface area contributed by atoms with Gasteiger partial charge in [0.25, 0.3) is 0 Å². The standard InChI is InChI=1S/C24H48N6O5/c1-5-21(24(34)25-9-8-18-35-7-3)26-22(31)19-29-15-14-28(6-2)12-10-27(4)11-13-30(17-16-29)20-23(32)33/h21H,5-20H2,1-4H3,(H,25,34)(H,26,31)(H,32,33). The molecule has 35 heavy (non-hydrogen) atoms. The Morgan fingerprint density at radius 1 is 0.886 bits per heavy atom. The summed E-state index contributed by atoms with van der Waals surface area (Å²) in [5, 5.41) is 15.0. The van der Waals surface area contributed by atoms with Crippen molar-refractivity contribution in [2.24, 2.45) is 0 Å². The molecule has 0 radical (unpaired) electrons. The number of aliphatic carboxylic acids is 1. The SMILES string of the molecule is CCOCCCNC(=O)C(CC)NC(=O)CN1CCN(CC)CCN(C)CCN(CC(=O)O)CC1. The predicted octanol–water partition coefficient (Wildman–Crippen LogP) is -0.620. The van der Waals surface area contributed by atoms with Crippen LogP contribution in [0.15, 0.2) is 0 Å². The molecule has 0 aromatic heterocycles. The van der Waals surface area contributed by atoms with Crippen molar-refractivity contribution in [1.82, 2.24) is 30.2 Å². The second kappa shape index (κ2) is 18.5. The lowest BCUT2D eigenvalue weighted by molar-refractivity contribution is -0.138. The number of rotatable bonds is 13. The average molecular weight is 501 g/mol. The second-order valence-corrected chi connectivity index (χ2v) is 9.05. The third-order valence-corrected chi connectivity index (χ3v) is 6.26. The number of carbonyl (C=O) groups excluding carboxylic acids is 2. The van der Waals surface area contributed by atoms with E-state index in [1.54, 1.807) is 0 Å². The lowest BCUT2D eigenvalue weighted by atomic mass is 10.2. The van der Waals surface area contributed by atoms with E-state index in [0.717, 1.165) is 39.1 Å². The molecular weight excluding hydrogens is 452 g/mol. The number of carbonyl (C=O) groups is 3. The molecule has 0 spiro atoms. The fraction of sp³-hybridized carbons (Fsp3) is 0.875. The highest BCUT2D eigenvalue weighted by atomic mass is 16.5. The number of carboxylic acid groups (broad SMARTS) is 1. The van der Waals surface area contributed by atoms with Crippen LogP contribution in [0.1, 0.15) is 33.6 Å². The van der Waals surface area contributed by atoms with Crippen LogP contribution in [-0.2, 0) is 19.1 Å². The van der Waals surface area contributed by atoms with Gasteiger partial charge in [0.2, 0.25) is 11.8 Å². The summed E-state index contributed by atoms with van der Waals surface area (Å²) in [6.07, 6.45) is 1.24. The van der Waals surface area contributed by atoms with Crippen LogP contribution in [0.5, 0.6) is 0 Å². The Bertz CT molecular complexity index is 623. The van der Waals surface area contributed by atoms with E-state index in [0.29, 0.717) is 52.4 Å². The molecule has 0 aromatic rings. The Morgan fingerprint density at radius 2 is 1.46 bits per heavy atom. The maximum atomic E-state index is 12.8. The maximum Gasteiger partial charge on any atom is 0.317 e. The van der Waals surface area contributed by atoms with Crippen LogP contribution in [0.2, 0.25) is 0 Å². The van der Waals surface area contributed by atoms with Gasteiger partial charge in [-0.3, -0.25) is 24.2 Å². The van der Waals surface area contributed by atoms with E-state index >= 15 is 0 Å². The lowest BCUT2D eigenvalue weighted by Gasteiger charge is -2.32. The molecule has 2 amide bonds. The van der Waals surface area contributed by atoms with Crippen molar-refractivity contribution in [1.29, 1.82) is 0 Å². The van der Waals surface area contributed by atoms with Gasteiger partial charge in [0.15, 0.2) is 0 Å². The summed E-state index contributed by atoms with van der Waals surface area (Å²) < 4.78 is 5.28. The first kappa shape index (κ1) is 31.2. The van der Waals surface area contributed by atoms with Crippen molar-refractivity contribution in [2.45, 2.75) is 39.7 Å². The van der Waals surface area contributed by atoms with E-state index in [-0.39, 0.29) is 24.9 Å². The molecular formula is C24H48N6O5. The Balaban J connectivity index is 2.70. The van der Waals surface area contributed by atoms with Gasteiger partial charge < -0.3 is 30.3 Å². The number of hydrogen-bond donors (Lipinski definition) is 3. The zero-order valence-electron chi connectivity index (χ0n) is 22.3. The number of amides is 2. The summed E-state index contributed by atoms with van der Waals surface area (Å²) in [5.74, 6) is -1.22. The van der Waals surface area contributed by atoms with Gasteiger partial charge in [-0.15, -0.1) is 0 Å². The summed E-state index contributed by atoms with van der Waals surface area (Å²) in [4.78, 5) is 45.2.